The molecule has 1 amide bonds. The highest BCUT2D eigenvalue weighted by atomic mass is 16.6. The second-order valence-corrected chi connectivity index (χ2v) is 6.92. The number of rotatable bonds is 11. The topological polar surface area (TPSA) is 78.1 Å². The van der Waals surface area contributed by atoms with Crippen molar-refractivity contribution in [2.75, 3.05) is 59.3 Å². The van der Waals surface area contributed by atoms with E-state index in [-0.39, 0.29) is 0 Å². The van der Waals surface area contributed by atoms with Gasteiger partial charge in [-0.05, 0) is 52.6 Å². The van der Waals surface area contributed by atoms with Crippen molar-refractivity contribution in [2.45, 2.75) is 39.2 Å². The average Bonchev–Trinajstić information content (AvgIpc) is 2.52. The van der Waals surface area contributed by atoms with Gasteiger partial charge in [0.1, 0.15) is 5.60 Å². The number of carbonyl (C=O) groups is 1. The molecule has 1 aliphatic heterocycles. The van der Waals surface area contributed by atoms with Crippen molar-refractivity contribution < 1.29 is 23.7 Å². The molecule has 0 saturated carbocycles. The first-order chi connectivity index (χ1) is 11.5. The Morgan fingerprint density at radius 1 is 1.00 bits per heavy atom. The molecule has 1 rings (SSSR count). The Kier molecular flexibility index (Phi) is 11.0. The molecule has 0 aliphatic carbocycles. The van der Waals surface area contributed by atoms with Crippen molar-refractivity contribution in [3.8, 4) is 0 Å². The smallest absolute Gasteiger partial charge is 0.407 e. The number of carbonyl (C=O) groups excluding carboxylic acids is 1. The quantitative estimate of drug-likeness (QED) is 0.553. The van der Waals surface area contributed by atoms with Crippen molar-refractivity contribution in [3.05, 3.63) is 0 Å². The molecule has 1 saturated heterocycles. The van der Waals surface area contributed by atoms with Crippen LogP contribution in [0.4, 0.5) is 4.79 Å². The summed E-state index contributed by atoms with van der Waals surface area (Å²) < 4.78 is 21.6. The van der Waals surface area contributed by atoms with Crippen LogP contribution in [0, 0.1) is 5.92 Å². The van der Waals surface area contributed by atoms with Gasteiger partial charge in [0.25, 0.3) is 0 Å². The summed E-state index contributed by atoms with van der Waals surface area (Å²) in [5, 5.41) is 5.98. The van der Waals surface area contributed by atoms with Crippen LogP contribution >= 0.6 is 0 Å². The van der Waals surface area contributed by atoms with Crippen LogP contribution in [-0.2, 0) is 18.9 Å². The Hall–Kier alpha value is -0.890. The maximum atomic E-state index is 11.4. The third kappa shape index (κ3) is 12.5. The second kappa shape index (κ2) is 12.5. The lowest BCUT2D eigenvalue weighted by molar-refractivity contribution is 0.00485. The normalized spacial score (nSPS) is 16.1. The van der Waals surface area contributed by atoms with Crippen molar-refractivity contribution in [1.29, 1.82) is 0 Å². The number of alkyl carbamates (subject to hydrolysis) is 1. The zero-order valence-electron chi connectivity index (χ0n) is 15.4. The van der Waals surface area contributed by atoms with E-state index < -0.39 is 11.7 Å². The lowest BCUT2D eigenvalue weighted by atomic mass is 9.99. The average molecular weight is 346 g/mol. The maximum absolute atomic E-state index is 11.4. The molecule has 0 aromatic carbocycles. The van der Waals surface area contributed by atoms with Gasteiger partial charge in [0.05, 0.1) is 33.0 Å². The van der Waals surface area contributed by atoms with Crippen LogP contribution in [0.25, 0.3) is 0 Å². The molecular formula is C17H34N2O5. The van der Waals surface area contributed by atoms with E-state index in [1.54, 1.807) is 0 Å². The first-order valence-corrected chi connectivity index (χ1v) is 8.88. The van der Waals surface area contributed by atoms with Gasteiger partial charge in [-0.3, -0.25) is 0 Å². The molecule has 0 radical (unpaired) electrons. The van der Waals surface area contributed by atoms with Crippen LogP contribution in [0.3, 0.4) is 0 Å². The molecule has 0 aromatic heterocycles. The first kappa shape index (κ1) is 21.2. The van der Waals surface area contributed by atoms with Gasteiger partial charge in [0, 0.05) is 13.2 Å². The Morgan fingerprint density at radius 3 is 2.21 bits per heavy atom. The minimum atomic E-state index is -0.477. The Labute approximate surface area is 145 Å². The van der Waals surface area contributed by atoms with E-state index in [2.05, 4.69) is 10.6 Å². The number of hydrogen-bond acceptors (Lipinski definition) is 6. The largest absolute Gasteiger partial charge is 0.444 e. The summed E-state index contributed by atoms with van der Waals surface area (Å²) in [5.74, 6) is 0.687. The number of amides is 1. The van der Waals surface area contributed by atoms with Gasteiger partial charge in [0.2, 0.25) is 0 Å². The summed E-state index contributed by atoms with van der Waals surface area (Å²) in [6.07, 6.45) is 1.98. The van der Waals surface area contributed by atoms with Gasteiger partial charge < -0.3 is 29.6 Å². The van der Waals surface area contributed by atoms with E-state index in [4.69, 9.17) is 18.9 Å². The summed E-state index contributed by atoms with van der Waals surface area (Å²) >= 11 is 0. The number of piperidine rings is 1. The molecule has 7 nitrogen and oxygen atoms in total. The lowest BCUT2D eigenvalue weighted by Gasteiger charge is -2.22. The molecule has 0 bridgehead atoms. The molecule has 1 heterocycles. The van der Waals surface area contributed by atoms with Crippen LogP contribution in [0.1, 0.15) is 33.6 Å². The molecule has 1 fully saturated rings. The van der Waals surface area contributed by atoms with Crippen LogP contribution in [0.15, 0.2) is 0 Å². The molecule has 0 atom stereocenters. The first-order valence-electron chi connectivity index (χ1n) is 8.88. The van der Waals surface area contributed by atoms with Gasteiger partial charge in [-0.1, -0.05) is 0 Å². The van der Waals surface area contributed by atoms with Gasteiger partial charge in [-0.25, -0.2) is 4.79 Å². The van der Waals surface area contributed by atoms with E-state index in [0.29, 0.717) is 45.5 Å². The Morgan fingerprint density at radius 2 is 1.58 bits per heavy atom. The Balaban J connectivity index is 1.78. The molecule has 142 valence electrons. The van der Waals surface area contributed by atoms with Crippen molar-refractivity contribution in [3.63, 3.8) is 0 Å². The van der Waals surface area contributed by atoms with Crippen LogP contribution in [0.2, 0.25) is 0 Å². The minimum Gasteiger partial charge on any atom is -0.444 e. The number of hydrogen-bond donors (Lipinski definition) is 2. The van der Waals surface area contributed by atoms with E-state index in [1.165, 1.54) is 12.8 Å². The van der Waals surface area contributed by atoms with Crippen LogP contribution in [0.5, 0.6) is 0 Å². The van der Waals surface area contributed by atoms with E-state index in [1.807, 2.05) is 20.8 Å². The van der Waals surface area contributed by atoms with Gasteiger partial charge in [-0.2, -0.15) is 0 Å². The molecular weight excluding hydrogens is 312 g/mol. The highest BCUT2D eigenvalue weighted by molar-refractivity contribution is 5.67. The van der Waals surface area contributed by atoms with E-state index in [0.717, 1.165) is 19.7 Å². The zero-order chi connectivity index (χ0) is 17.7. The second-order valence-electron chi connectivity index (χ2n) is 6.92. The van der Waals surface area contributed by atoms with E-state index >= 15 is 0 Å². The summed E-state index contributed by atoms with van der Waals surface area (Å²) in [6.45, 7) is 11.6. The third-order valence-electron chi connectivity index (χ3n) is 3.47. The highest BCUT2D eigenvalue weighted by Crippen LogP contribution is 2.11. The van der Waals surface area contributed by atoms with Crippen molar-refractivity contribution >= 4 is 6.09 Å². The summed E-state index contributed by atoms with van der Waals surface area (Å²) in [5.41, 5.74) is -0.477. The maximum Gasteiger partial charge on any atom is 0.407 e. The SMILES string of the molecule is CC(C)(C)OC(=O)NCCOCCOCCOCC1CCNCC1. The Bertz CT molecular complexity index is 327. The third-order valence-corrected chi connectivity index (χ3v) is 3.47. The number of ether oxygens (including phenoxy) is 4. The molecule has 0 spiro atoms. The molecule has 7 heteroatoms. The lowest BCUT2D eigenvalue weighted by Crippen LogP contribution is -2.34. The van der Waals surface area contributed by atoms with Crippen molar-refractivity contribution in [2.24, 2.45) is 5.92 Å². The van der Waals surface area contributed by atoms with Gasteiger partial charge in [0.15, 0.2) is 0 Å². The van der Waals surface area contributed by atoms with Gasteiger partial charge >= 0.3 is 6.09 Å². The molecule has 0 unspecified atom stereocenters. The monoisotopic (exact) mass is 346 g/mol. The molecule has 2 N–H and O–H groups in total. The highest BCUT2D eigenvalue weighted by Gasteiger charge is 2.15. The molecule has 24 heavy (non-hydrogen) atoms. The summed E-state index contributed by atoms with van der Waals surface area (Å²) in [6, 6.07) is 0. The fourth-order valence-corrected chi connectivity index (χ4v) is 2.28. The summed E-state index contributed by atoms with van der Waals surface area (Å²) in [4.78, 5) is 11.4. The standard InChI is InChI=1S/C17H34N2O5/c1-17(2,3)24-16(20)19-8-9-21-10-11-22-12-13-23-14-15-4-6-18-7-5-15/h15,18H,4-14H2,1-3H3,(H,19,20). The fourth-order valence-electron chi connectivity index (χ4n) is 2.28. The zero-order valence-corrected chi connectivity index (χ0v) is 15.4. The number of nitrogens with one attached hydrogen (secondary N) is 2. The fraction of sp³-hybridized carbons (Fsp3) is 0.941. The minimum absolute atomic E-state index is 0.423. The molecule has 0 aromatic rings. The summed E-state index contributed by atoms with van der Waals surface area (Å²) in [7, 11) is 0. The van der Waals surface area contributed by atoms with Crippen LogP contribution < -0.4 is 10.6 Å². The van der Waals surface area contributed by atoms with E-state index in [9.17, 15) is 4.79 Å². The van der Waals surface area contributed by atoms with Crippen molar-refractivity contribution in [1.82, 2.24) is 10.6 Å². The van der Waals surface area contributed by atoms with Gasteiger partial charge in [-0.15, -0.1) is 0 Å². The van der Waals surface area contributed by atoms with Crippen LogP contribution in [-0.4, -0.2) is 71.0 Å². The molecule has 1 aliphatic rings. The predicted molar refractivity (Wildman–Crippen MR) is 92.3 cm³/mol. The predicted octanol–water partition coefficient (Wildman–Crippen LogP) is 1.56.